The van der Waals surface area contributed by atoms with E-state index >= 15 is 0 Å². The second kappa shape index (κ2) is 11.8. The molecule has 0 aliphatic heterocycles. The zero-order chi connectivity index (χ0) is 21.1. The number of carbonyl (C=O) groups is 2. The zero-order valence-electron chi connectivity index (χ0n) is 16.5. The van der Waals surface area contributed by atoms with E-state index in [1.165, 1.54) is 6.92 Å². The molecule has 152 valence electrons. The van der Waals surface area contributed by atoms with Crippen molar-refractivity contribution in [1.82, 2.24) is 15.5 Å². The van der Waals surface area contributed by atoms with E-state index in [-0.39, 0.29) is 26.2 Å². The number of amides is 1. The standard InChI is InChI=1S/C21H24N4O3Se/c1-4-6-10-16(5-2)23-21-25-24-19(29-21)13-9-14-22-20(27)17-11-7-8-12-18(17)28-15(3)26/h4-8,10-12H,2,9,13-14H2,1,3H3,(H,22,27)(H,23,25)/b6-4-,16-10+. The average molecular weight is 459 g/mol. The summed E-state index contributed by atoms with van der Waals surface area (Å²) >= 11 is 0.0317. The Morgan fingerprint density at radius 3 is 2.79 bits per heavy atom. The van der Waals surface area contributed by atoms with Crippen LogP contribution in [0.5, 0.6) is 5.75 Å². The normalized spacial score (nSPS) is 11.3. The molecule has 0 unspecified atom stereocenters. The van der Waals surface area contributed by atoms with Crippen LogP contribution in [0.15, 0.2) is 60.8 Å². The van der Waals surface area contributed by atoms with Crippen molar-refractivity contribution in [3.63, 3.8) is 0 Å². The van der Waals surface area contributed by atoms with Crippen LogP contribution in [0.25, 0.3) is 0 Å². The molecule has 2 N–H and O–H groups in total. The Hall–Kier alpha value is -2.96. The van der Waals surface area contributed by atoms with E-state index < -0.39 is 5.97 Å². The van der Waals surface area contributed by atoms with Crippen molar-refractivity contribution in [1.29, 1.82) is 0 Å². The Bertz CT molecular complexity index is 918. The van der Waals surface area contributed by atoms with E-state index in [9.17, 15) is 9.59 Å². The van der Waals surface area contributed by atoms with Gasteiger partial charge in [0.25, 0.3) is 0 Å². The summed E-state index contributed by atoms with van der Waals surface area (Å²) in [5, 5.41) is 14.5. The van der Waals surface area contributed by atoms with Crippen LogP contribution in [0, 0.1) is 0 Å². The third-order valence-electron chi connectivity index (χ3n) is 3.64. The first-order valence-electron chi connectivity index (χ1n) is 9.14. The number of nitrogens with one attached hydrogen (secondary N) is 2. The molecule has 0 aliphatic rings. The number of anilines is 1. The van der Waals surface area contributed by atoms with Gasteiger partial charge in [0.2, 0.25) is 0 Å². The molecule has 0 fully saturated rings. The van der Waals surface area contributed by atoms with Gasteiger partial charge in [-0.15, -0.1) is 0 Å². The summed E-state index contributed by atoms with van der Waals surface area (Å²) < 4.78 is 6.93. The number of hydrogen-bond acceptors (Lipinski definition) is 6. The molecule has 0 saturated heterocycles. The molecule has 0 spiro atoms. The third kappa shape index (κ3) is 7.52. The van der Waals surface area contributed by atoms with Gasteiger partial charge in [-0.05, 0) is 0 Å². The van der Waals surface area contributed by atoms with E-state index in [4.69, 9.17) is 4.74 Å². The Balaban J connectivity index is 1.83. The van der Waals surface area contributed by atoms with Gasteiger partial charge in [0.05, 0.1) is 0 Å². The molecule has 1 heterocycles. The second-order valence-electron chi connectivity index (χ2n) is 5.93. The van der Waals surface area contributed by atoms with Crippen molar-refractivity contribution in [3.8, 4) is 5.75 Å². The summed E-state index contributed by atoms with van der Waals surface area (Å²) in [7, 11) is 0. The summed E-state index contributed by atoms with van der Waals surface area (Å²) in [6.07, 6.45) is 9.02. The molecule has 0 atom stereocenters. The number of allylic oxidation sites excluding steroid dienone is 4. The van der Waals surface area contributed by atoms with E-state index in [0.29, 0.717) is 12.1 Å². The second-order valence-corrected chi connectivity index (χ2v) is 8.16. The minimum absolute atomic E-state index is 0.0317. The summed E-state index contributed by atoms with van der Waals surface area (Å²) in [5.74, 6) is -0.477. The van der Waals surface area contributed by atoms with Crippen molar-refractivity contribution in [2.45, 2.75) is 26.7 Å². The number of nitrogens with zero attached hydrogens (tertiary/aromatic N) is 2. The molecule has 0 bridgehead atoms. The number of aromatic nitrogens is 2. The van der Waals surface area contributed by atoms with Gasteiger partial charge in [0, 0.05) is 0 Å². The molecule has 0 radical (unpaired) electrons. The summed E-state index contributed by atoms with van der Waals surface area (Å²) in [4.78, 5) is 23.5. The Morgan fingerprint density at radius 2 is 2.07 bits per heavy atom. The van der Waals surface area contributed by atoms with Crippen LogP contribution in [0.2, 0.25) is 0 Å². The monoisotopic (exact) mass is 460 g/mol. The molecular weight excluding hydrogens is 435 g/mol. The predicted octanol–water partition coefficient (Wildman–Crippen LogP) is 2.88. The van der Waals surface area contributed by atoms with Gasteiger partial charge in [-0.2, -0.15) is 0 Å². The van der Waals surface area contributed by atoms with Gasteiger partial charge in [-0.3, -0.25) is 0 Å². The van der Waals surface area contributed by atoms with Gasteiger partial charge in [0.1, 0.15) is 0 Å². The number of benzene rings is 1. The first-order valence-corrected chi connectivity index (χ1v) is 10.8. The molecule has 2 aromatic rings. The van der Waals surface area contributed by atoms with Crippen LogP contribution in [0.4, 0.5) is 4.69 Å². The fourth-order valence-corrected chi connectivity index (χ4v) is 4.01. The van der Waals surface area contributed by atoms with Gasteiger partial charge >= 0.3 is 176 Å². The number of esters is 1. The van der Waals surface area contributed by atoms with E-state index in [1.807, 2.05) is 25.2 Å². The van der Waals surface area contributed by atoms with Crippen LogP contribution in [0.3, 0.4) is 0 Å². The summed E-state index contributed by atoms with van der Waals surface area (Å²) in [6.45, 7) is 7.52. The predicted molar refractivity (Wildman–Crippen MR) is 114 cm³/mol. The maximum absolute atomic E-state index is 12.4. The molecule has 8 heteroatoms. The fourth-order valence-electron chi connectivity index (χ4n) is 2.32. The molecule has 2 rings (SSSR count). The quantitative estimate of drug-likeness (QED) is 0.187. The first-order chi connectivity index (χ1) is 14.0. The SMILES string of the molecule is C=C/C(=C\C=C/C)Nc1nnc(CCCNC(=O)c2ccccc2OC(C)=O)[se]1. The van der Waals surface area contributed by atoms with Crippen molar-refractivity contribution in [2.75, 3.05) is 11.9 Å². The Labute approximate surface area is 176 Å². The van der Waals surface area contributed by atoms with Crippen LogP contribution in [0.1, 0.15) is 35.2 Å². The molecule has 0 aliphatic carbocycles. The van der Waals surface area contributed by atoms with Gasteiger partial charge in [0.15, 0.2) is 0 Å². The zero-order valence-corrected chi connectivity index (χ0v) is 18.2. The van der Waals surface area contributed by atoms with Crippen LogP contribution in [-0.2, 0) is 11.2 Å². The molecule has 29 heavy (non-hydrogen) atoms. The number of hydrogen-bond donors (Lipinski definition) is 2. The van der Waals surface area contributed by atoms with E-state index in [1.54, 1.807) is 30.3 Å². The van der Waals surface area contributed by atoms with E-state index in [0.717, 1.165) is 27.8 Å². The molecular formula is C21H24N4O3Se. The van der Waals surface area contributed by atoms with Crippen molar-refractivity contribution >= 4 is 31.1 Å². The van der Waals surface area contributed by atoms with Crippen molar-refractivity contribution < 1.29 is 14.3 Å². The molecule has 1 aromatic heterocycles. The Morgan fingerprint density at radius 1 is 1.28 bits per heavy atom. The summed E-state index contributed by atoms with van der Waals surface area (Å²) in [6, 6.07) is 6.67. The molecule has 7 nitrogen and oxygen atoms in total. The molecule has 1 aromatic carbocycles. The molecule has 1 amide bonds. The van der Waals surface area contributed by atoms with Crippen LogP contribution >= 0.6 is 0 Å². The first kappa shape index (κ1) is 22.3. The van der Waals surface area contributed by atoms with Crippen molar-refractivity contribution in [2.24, 2.45) is 0 Å². The minimum atomic E-state index is -0.462. The fraction of sp³-hybridized carbons (Fsp3) is 0.238. The topological polar surface area (TPSA) is 93.2 Å². The number of ether oxygens (including phenoxy) is 1. The number of aryl methyl sites for hydroxylation is 1. The van der Waals surface area contributed by atoms with Crippen molar-refractivity contribution in [3.05, 3.63) is 71.0 Å². The summed E-state index contributed by atoms with van der Waals surface area (Å²) in [5.41, 5.74) is 1.21. The number of para-hydroxylation sites is 1. The third-order valence-corrected chi connectivity index (χ3v) is 5.53. The number of rotatable bonds is 10. The van der Waals surface area contributed by atoms with Gasteiger partial charge in [-0.1, -0.05) is 0 Å². The number of carbonyl (C=O) groups excluding carboxylic acids is 2. The van der Waals surface area contributed by atoms with Gasteiger partial charge in [-0.25, -0.2) is 0 Å². The van der Waals surface area contributed by atoms with E-state index in [2.05, 4.69) is 27.4 Å². The molecule has 0 saturated carbocycles. The van der Waals surface area contributed by atoms with Crippen LogP contribution < -0.4 is 15.4 Å². The van der Waals surface area contributed by atoms with Gasteiger partial charge < -0.3 is 0 Å². The average Bonchev–Trinajstić information content (AvgIpc) is 3.15. The van der Waals surface area contributed by atoms with Crippen LogP contribution in [-0.4, -0.2) is 43.1 Å². The Kier molecular flexibility index (Phi) is 9.08. The maximum atomic E-state index is 12.4.